The minimum atomic E-state index is -3.89. The molecule has 3 aromatic rings. The molecule has 4 rings (SSSR count). The normalized spacial score (nSPS) is 19.0. The lowest BCUT2D eigenvalue weighted by molar-refractivity contribution is -0.127. The molecule has 0 spiro atoms. The molecule has 1 fully saturated rings. The van der Waals surface area contributed by atoms with Crippen molar-refractivity contribution in [1.82, 2.24) is 18.8 Å². The van der Waals surface area contributed by atoms with Crippen LogP contribution in [-0.2, 0) is 21.4 Å². The summed E-state index contributed by atoms with van der Waals surface area (Å²) in [6.07, 6.45) is 0.315. The van der Waals surface area contributed by atoms with Gasteiger partial charge in [-0.3, -0.25) is 4.79 Å². The minimum Gasteiger partial charge on any atom is -0.411 e. The van der Waals surface area contributed by atoms with Gasteiger partial charge in [0.15, 0.2) is 0 Å². The molecule has 1 aromatic heterocycles. The van der Waals surface area contributed by atoms with Crippen molar-refractivity contribution in [2.75, 3.05) is 12.9 Å². The lowest BCUT2D eigenvalue weighted by atomic mass is 10.1. The van der Waals surface area contributed by atoms with E-state index in [0.29, 0.717) is 12.3 Å². The van der Waals surface area contributed by atoms with E-state index in [4.69, 9.17) is 4.42 Å². The van der Waals surface area contributed by atoms with Gasteiger partial charge in [0.05, 0.1) is 5.88 Å². The predicted molar refractivity (Wildman–Crippen MR) is 108 cm³/mol. The molecule has 1 aliphatic rings. The fourth-order valence-corrected chi connectivity index (χ4v) is 5.44. The third-order valence-corrected chi connectivity index (χ3v) is 7.43. The van der Waals surface area contributed by atoms with Crippen molar-refractivity contribution in [3.05, 3.63) is 66.2 Å². The first-order chi connectivity index (χ1) is 14.0. The number of hydrogen-bond acceptors (Lipinski definition) is 7. The number of carbonyl (C=O) groups excluding carboxylic acids is 1. The number of nitrogens with zero attached hydrogens (tertiary/aromatic N) is 4. The molecule has 1 unspecified atom stereocenters. The average molecular weight is 431 g/mol. The fraction of sp³-hybridized carbons (Fsp3) is 0.211. The molecule has 0 N–H and O–H groups in total. The molecule has 150 valence electrons. The van der Waals surface area contributed by atoms with E-state index in [1.54, 1.807) is 0 Å². The van der Waals surface area contributed by atoms with E-state index in [0.717, 1.165) is 31.5 Å². The second-order valence-electron chi connectivity index (χ2n) is 6.43. The van der Waals surface area contributed by atoms with Gasteiger partial charge in [0.2, 0.25) is 5.89 Å². The van der Waals surface area contributed by atoms with Gasteiger partial charge in [-0.05, 0) is 35.9 Å². The average Bonchev–Trinajstić information content (AvgIpc) is 3.26. The highest BCUT2D eigenvalue weighted by Gasteiger charge is 2.48. The molecular weight excluding hydrogens is 412 g/mol. The zero-order valence-corrected chi connectivity index (χ0v) is 17.1. The van der Waals surface area contributed by atoms with E-state index in [1.165, 1.54) is 7.05 Å². The van der Waals surface area contributed by atoms with E-state index >= 15 is 0 Å². The second-order valence-corrected chi connectivity index (χ2v) is 9.24. The minimum absolute atomic E-state index is 0.132. The number of hydrogen-bond donors (Lipinski definition) is 0. The highest BCUT2D eigenvalue weighted by atomic mass is 32.2. The van der Waals surface area contributed by atoms with Crippen LogP contribution in [0.3, 0.4) is 0 Å². The maximum atomic E-state index is 12.8. The summed E-state index contributed by atoms with van der Waals surface area (Å²) in [5.41, 5.74) is 1.66. The summed E-state index contributed by atoms with van der Waals surface area (Å²) >= 11 is 1.01. The Morgan fingerprint density at radius 2 is 1.69 bits per heavy atom. The molecule has 0 saturated carbocycles. The quantitative estimate of drug-likeness (QED) is 0.554. The summed E-state index contributed by atoms with van der Waals surface area (Å²) in [5.74, 6) is -0.262. The Morgan fingerprint density at radius 3 is 2.38 bits per heavy atom. The summed E-state index contributed by atoms with van der Waals surface area (Å²) in [6, 6.07) is 17.8. The Kier molecular flexibility index (Phi) is 5.39. The topological polar surface area (TPSA) is 96.6 Å². The summed E-state index contributed by atoms with van der Waals surface area (Å²) in [5, 5.41) is 8.10. The summed E-state index contributed by atoms with van der Waals surface area (Å²) < 4.78 is 33.0. The van der Waals surface area contributed by atoms with Gasteiger partial charge < -0.3 is 4.42 Å². The molecule has 2 aromatic carbocycles. The summed E-state index contributed by atoms with van der Waals surface area (Å²) in [6.45, 7) is 0. The second kappa shape index (κ2) is 7.97. The molecular formula is C19H18N4O4S2. The third-order valence-electron chi connectivity index (χ3n) is 4.62. The number of likely N-dealkylation sites (N-methyl/N-ethyl adjacent to an activating group) is 1. The monoisotopic (exact) mass is 430 g/mol. The van der Waals surface area contributed by atoms with Crippen LogP contribution in [0.2, 0.25) is 0 Å². The number of rotatable bonds is 6. The van der Waals surface area contributed by atoms with Crippen LogP contribution in [0.5, 0.6) is 0 Å². The van der Waals surface area contributed by atoms with Crippen molar-refractivity contribution < 1.29 is 17.6 Å². The summed E-state index contributed by atoms with van der Waals surface area (Å²) in [7, 11) is -2.47. The molecule has 0 bridgehead atoms. The van der Waals surface area contributed by atoms with Crippen molar-refractivity contribution in [2.45, 2.75) is 17.7 Å². The molecule has 8 nitrogen and oxygen atoms in total. The molecule has 1 atom stereocenters. The van der Waals surface area contributed by atoms with Crippen molar-refractivity contribution in [2.24, 2.45) is 0 Å². The van der Waals surface area contributed by atoms with Crippen LogP contribution in [0.15, 0.2) is 70.3 Å². The van der Waals surface area contributed by atoms with Gasteiger partial charge in [0.25, 0.3) is 11.1 Å². The molecule has 2 heterocycles. The molecule has 10 heteroatoms. The Morgan fingerprint density at radius 1 is 1.03 bits per heavy atom. The van der Waals surface area contributed by atoms with E-state index in [-0.39, 0.29) is 11.1 Å². The Labute approximate surface area is 172 Å². The maximum absolute atomic E-state index is 12.8. The molecule has 0 aliphatic carbocycles. The zero-order valence-electron chi connectivity index (χ0n) is 15.5. The van der Waals surface area contributed by atoms with Crippen molar-refractivity contribution >= 4 is 27.9 Å². The van der Waals surface area contributed by atoms with E-state index in [1.807, 2.05) is 60.7 Å². The number of aromatic nitrogens is 2. The van der Waals surface area contributed by atoms with Crippen molar-refractivity contribution in [3.8, 4) is 11.5 Å². The SMILES string of the molecule is CN1C(Cc2ccccc2)C(=O)N(CSc2nnc(-c3ccccc3)o2)S1(=O)=O. The van der Waals surface area contributed by atoms with Gasteiger partial charge in [-0.25, -0.2) is 4.31 Å². The van der Waals surface area contributed by atoms with Crippen molar-refractivity contribution in [1.29, 1.82) is 0 Å². The van der Waals surface area contributed by atoms with Crippen LogP contribution in [0.4, 0.5) is 0 Å². The first kappa shape index (κ1) is 19.6. The van der Waals surface area contributed by atoms with Gasteiger partial charge >= 0.3 is 10.2 Å². The number of benzene rings is 2. The summed E-state index contributed by atoms with van der Waals surface area (Å²) in [4.78, 5) is 12.8. The molecule has 1 aliphatic heterocycles. The van der Waals surface area contributed by atoms with Crippen LogP contribution in [0.1, 0.15) is 5.56 Å². The molecule has 1 saturated heterocycles. The maximum Gasteiger partial charge on any atom is 0.307 e. The van der Waals surface area contributed by atoms with Crippen LogP contribution in [-0.4, -0.2) is 52.1 Å². The first-order valence-electron chi connectivity index (χ1n) is 8.82. The Bertz CT molecular complexity index is 1100. The standard InChI is InChI=1S/C19H18N4O4S2/c1-22-16(12-14-8-4-2-5-9-14)18(24)23(29(22,25)26)13-28-19-21-20-17(27-19)15-10-6-3-7-11-15/h2-11,16H,12-13H2,1H3. The van der Waals surface area contributed by atoms with Gasteiger partial charge in [-0.1, -0.05) is 48.5 Å². The van der Waals surface area contributed by atoms with Crippen LogP contribution in [0.25, 0.3) is 11.5 Å². The van der Waals surface area contributed by atoms with Crippen LogP contribution in [0, 0.1) is 0 Å². The van der Waals surface area contributed by atoms with Crippen molar-refractivity contribution in [3.63, 3.8) is 0 Å². The highest BCUT2D eigenvalue weighted by Crippen LogP contribution is 2.29. The van der Waals surface area contributed by atoms with Gasteiger partial charge in [0, 0.05) is 12.6 Å². The van der Waals surface area contributed by atoms with Gasteiger partial charge in [0.1, 0.15) is 6.04 Å². The van der Waals surface area contributed by atoms with Gasteiger partial charge in [-0.15, -0.1) is 10.2 Å². The molecule has 29 heavy (non-hydrogen) atoms. The number of carbonyl (C=O) groups is 1. The smallest absolute Gasteiger partial charge is 0.307 e. The van der Waals surface area contributed by atoms with Crippen LogP contribution >= 0.6 is 11.8 Å². The Balaban J connectivity index is 1.47. The predicted octanol–water partition coefficient (Wildman–Crippen LogP) is 2.42. The number of thioether (sulfide) groups is 1. The van der Waals surface area contributed by atoms with Crippen LogP contribution < -0.4 is 0 Å². The number of amides is 1. The Hall–Kier alpha value is -2.69. The molecule has 0 radical (unpaired) electrons. The van der Waals surface area contributed by atoms with E-state index < -0.39 is 22.2 Å². The zero-order chi connectivity index (χ0) is 20.4. The lowest BCUT2D eigenvalue weighted by Crippen LogP contribution is -2.33. The van der Waals surface area contributed by atoms with E-state index in [2.05, 4.69) is 10.2 Å². The third kappa shape index (κ3) is 3.91. The first-order valence-corrected chi connectivity index (χ1v) is 11.2. The molecule has 1 amide bonds. The highest BCUT2D eigenvalue weighted by molar-refractivity contribution is 7.99. The lowest BCUT2D eigenvalue weighted by Gasteiger charge is -2.15. The largest absolute Gasteiger partial charge is 0.411 e. The fourth-order valence-electron chi connectivity index (χ4n) is 3.01. The van der Waals surface area contributed by atoms with E-state index in [9.17, 15) is 13.2 Å². The van der Waals surface area contributed by atoms with Gasteiger partial charge in [-0.2, -0.15) is 12.7 Å².